The van der Waals surface area contributed by atoms with Crippen LogP contribution in [0, 0.1) is 0 Å². The molecule has 1 saturated heterocycles. The van der Waals surface area contributed by atoms with E-state index >= 15 is 0 Å². The molecule has 1 aromatic rings. The van der Waals surface area contributed by atoms with E-state index in [9.17, 15) is 0 Å². The van der Waals surface area contributed by atoms with Gasteiger partial charge in [0.05, 0.1) is 12.2 Å². The van der Waals surface area contributed by atoms with E-state index in [1.54, 1.807) is 0 Å². The van der Waals surface area contributed by atoms with Crippen LogP contribution in [0.4, 0.5) is 11.9 Å². The molecule has 2 fully saturated rings. The van der Waals surface area contributed by atoms with Crippen LogP contribution in [0.15, 0.2) is 0 Å². The molecule has 1 spiro atoms. The maximum atomic E-state index is 6.11. The van der Waals surface area contributed by atoms with E-state index in [1.165, 1.54) is 12.8 Å². The highest BCUT2D eigenvalue weighted by atomic mass is 16.5. The number of hydrogen-bond donors (Lipinski definition) is 0. The number of anilines is 2. The van der Waals surface area contributed by atoms with Gasteiger partial charge in [0.1, 0.15) is 5.82 Å². The molecule has 0 unspecified atom stereocenters. The monoisotopic (exact) mass is 305 g/mol. The molecule has 122 valence electrons. The number of morpholine rings is 1. The van der Waals surface area contributed by atoms with Crippen LogP contribution >= 0.6 is 0 Å². The van der Waals surface area contributed by atoms with Gasteiger partial charge < -0.3 is 14.5 Å². The van der Waals surface area contributed by atoms with Crippen LogP contribution in [0.1, 0.15) is 51.3 Å². The van der Waals surface area contributed by atoms with Crippen LogP contribution in [-0.2, 0) is 4.74 Å². The first-order chi connectivity index (χ1) is 10.5. The lowest BCUT2D eigenvalue weighted by molar-refractivity contribution is -0.0505. The SMILES string of the molecule is CC(C)c1nc(N(C)C)nc(N2CCOC3(CCCC3)C2)n1. The summed E-state index contributed by atoms with van der Waals surface area (Å²) in [6, 6.07) is 0. The first-order valence-corrected chi connectivity index (χ1v) is 8.31. The predicted molar refractivity (Wildman–Crippen MR) is 87.6 cm³/mol. The Morgan fingerprint density at radius 3 is 2.50 bits per heavy atom. The van der Waals surface area contributed by atoms with Crippen LogP contribution in [0.3, 0.4) is 0 Å². The van der Waals surface area contributed by atoms with E-state index in [0.29, 0.717) is 5.92 Å². The van der Waals surface area contributed by atoms with E-state index in [-0.39, 0.29) is 5.60 Å². The van der Waals surface area contributed by atoms with Crippen molar-refractivity contribution in [1.82, 2.24) is 15.0 Å². The highest BCUT2D eigenvalue weighted by Crippen LogP contribution is 2.36. The molecule has 6 heteroatoms. The Kier molecular flexibility index (Phi) is 4.21. The summed E-state index contributed by atoms with van der Waals surface area (Å²) in [5, 5.41) is 0. The summed E-state index contributed by atoms with van der Waals surface area (Å²) in [4.78, 5) is 18.2. The quantitative estimate of drug-likeness (QED) is 0.853. The zero-order chi connectivity index (χ0) is 15.7. The van der Waals surface area contributed by atoms with E-state index < -0.39 is 0 Å². The van der Waals surface area contributed by atoms with Crippen molar-refractivity contribution in [2.24, 2.45) is 0 Å². The second-order valence-corrected chi connectivity index (χ2v) is 7.00. The summed E-state index contributed by atoms with van der Waals surface area (Å²) in [6.45, 7) is 6.77. The fourth-order valence-corrected chi connectivity index (χ4v) is 3.31. The summed E-state index contributed by atoms with van der Waals surface area (Å²) in [5.41, 5.74) is 0.0289. The first kappa shape index (κ1) is 15.5. The molecule has 6 nitrogen and oxygen atoms in total. The third kappa shape index (κ3) is 3.02. The average molecular weight is 305 g/mol. The third-order valence-electron chi connectivity index (χ3n) is 4.59. The van der Waals surface area contributed by atoms with E-state index in [4.69, 9.17) is 9.72 Å². The maximum absolute atomic E-state index is 6.11. The number of aromatic nitrogens is 3. The van der Waals surface area contributed by atoms with Crippen LogP contribution in [0.5, 0.6) is 0 Å². The normalized spacial score (nSPS) is 20.9. The van der Waals surface area contributed by atoms with Gasteiger partial charge in [0, 0.05) is 33.1 Å². The van der Waals surface area contributed by atoms with E-state index in [1.807, 2.05) is 19.0 Å². The van der Waals surface area contributed by atoms with E-state index in [0.717, 1.165) is 50.3 Å². The third-order valence-corrected chi connectivity index (χ3v) is 4.59. The molecule has 0 atom stereocenters. The van der Waals surface area contributed by atoms with Gasteiger partial charge in [-0.05, 0) is 12.8 Å². The topological polar surface area (TPSA) is 54.4 Å². The molecule has 1 saturated carbocycles. The summed E-state index contributed by atoms with van der Waals surface area (Å²) in [7, 11) is 3.95. The molecule has 0 bridgehead atoms. The van der Waals surface area contributed by atoms with Crippen molar-refractivity contribution in [1.29, 1.82) is 0 Å². The van der Waals surface area contributed by atoms with Gasteiger partial charge in [-0.1, -0.05) is 26.7 Å². The number of ether oxygens (including phenoxy) is 1. The molecular weight excluding hydrogens is 278 g/mol. The molecule has 3 rings (SSSR count). The largest absolute Gasteiger partial charge is 0.371 e. The molecule has 1 aliphatic carbocycles. The van der Waals surface area contributed by atoms with Gasteiger partial charge in [-0.15, -0.1) is 0 Å². The Morgan fingerprint density at radius 1 is 1.14 bits per heavy atom. The van der Waals surface area contributed by atoms with Gasteiger partial charge >= 0.3 is 0 Å². The van der Waals surface area contributed by atoms with Gasteiger partial charge in [0.25, 0.3) is 0 Å². The molecule has 2 heterocycles. The Bertz CT molecular complexity index is 499. The van der Waals surface area contributed by atoms with Crippen LogP contribution in [-0.4, -0.2) is 54.3 Å². The fourth-order valence-electron chi connectivity index (χ4n) is 3.31. The molecular formula is C16H27N5O. The lowest BCUT2D eigenvalue weighted by Crippen LogP contribution is -2.51. The van der Waals surface area contributed by atoms with Gasteiger partial charge in [-0.3, -0.25) is 0 Å². The molecule has 22 heavy (non-hydrogen) atoms. The van der Waals surface area contributed by atoms with Gasteiger partial charge in [-0.25, -0.2) is 0 Å². The van der Waals surface area contributed by atoms with Crippen molar-refractivity contribution in [2.45, 2.75) is 51.0 Å². The lowest BCUT2D eigenvalue weighted by atomic mass is 10.00. The van der Waals surface area contributed by atoms with Crippen LogP contribution < -0.4 is 9.80 Å². The number of rotatable bonds is 3. The van der Waals surface area contributed by atoms with Crippen molar-refractivity contribution in [3.05, 3.63) is 5.82 Å². The van der Waals surface area contributed by atoms with Crippen molar-refractivity contribution in [3.63, 3.8) is 0 Å². The van der Waals surface area contributed by atoms with Crippen molar-refractivity contribution in [2.75, 3.05) is 43.6 Å². The van der Waals surface area contributed by atoms with Gasteiger partial charge in [0.2, 0.25) is 11.9 Å². The van der Waals surface area contributed by atoms with Crippen molar-refractivity contribution < 1.29 is 4.74 Å². The minimum absolute atomic E-state index is 0.0289. The highest BCUT2D eigenvalue weighted by molar-refractivity contribution is 5.39. The van der Waals surface area contributed by atoms with E-state index in [2.05, 4.69) is 28.7 Å². The van der Waals surface area contributed by atoms with Crippen molar-refractivity contribution >= 4 is 11.9 Å². The second kappa shape index (κ2) is 5.99. The van der Waals surface area contributed by atoms with Crippen LogP contribution in [0.2, 0.25) is 0 Å². The van der Waals surface area contributed by atoms with Gasteiger partial charge in [-0.2, -0.15) is 15.0 Å². The minimum Gasteiger partial charge on any atom is -0.371 e. The maximum Gasteiger partial charge on any atom is 0.230 e. The summed E-state index contributed by atoms with van der Waals surface area (Å²) in [5.74, 6) is 2.69. The Balaban J connectivity index is 1.89. The smallest absolute Gasteiger partial charge is 0.230 e. The van der Waals surface area contributed by atoms with Gasteiger partial charge in [0.15, 0.2) is 0 Å². The summed E-state index contributed by atoms with van der Waals surface area (Å²) in [6.07, 6.45) is 4.86. The highest BCUT2D eigenvalue weighted by Gasteiger charge is 2.40. The Labute approximate surface area is 132 Å². The summed E-state index contributed by atoms with van der Waals surface area (Å²) >= 11 is 0. The second-order valence-electron chi connectivity index (χ2n) is 7.00. The lowest BCUT2D eigenvalue weighted by Gasteiger charge is -2.40. The number of hydrogen-bond acceptors (Lipinski definition) is 6. The number of nitrogens with zero attached hydrogens (tertiary/aromatic N) is 5. The molecule has 1 aliphatic heterocycles. The molecule has 0 amide bonds. The predicted octanol–water partition coefficient (Wildman–Crippen LogP) is 2.21. The fraction of sp³-hybridized carbons (Fsp3) is 0.812. The molecule has 0 radical (unpaired) electrons. The standard InChI is InChI=1S/C16H27N5O/c1-12(2)13-17-14(20(3)4)19-15(18-13)21-9-10-22-16(11-21)7-5-6-8-16/h12H,5-11H2,1-4H3. The molecule has 1 aromatic heterocycles. The zero-order valence-corrected chi connectivity index (χ0v) is 14.2. The molecule has 2 aliphatic rings. The minimum atomic E-state index is 0.0289. The zero-order valence-electron chi connectivity index (χ0n) is 14.2. The molecule has 0 aromatic carbocycles. The molecule has 0 N–H and O–H groups in total. The summed E-state index contributed by atoms with van der Waals surface area (Å²) < 4.78 is 6.11. The van der Waals surface area contributed by atoms with Crippen LogP contribution in [0.25, 0.3) is 0 Å². The average Bonchev–Trinajstić information content (AvgIpc) is 2.94. The Morgan fingerprint density at radius 2 is 1.86 bits per heavy atom. The Hall–Kier alpha value is -1.43. The van der Waals surface area contributed by atoms with Crippen molar-refractivity contribution in [3.8, 4) is 0 Å². The first-order valence-electron chi connectivity index (χ1n) is 8.31.